The van der Waals surface area contributed by atoms with Crippen molar-refractivity contribution in [3.05, 3.63) is 53.8 Å². The summed E-state index contributed by atoms with van der Waals surface area (Å²) in [5.74, 6) is -1.68. The predicted molar refractivity (Wildman–Crippen MR) is 77.7 cm³/mol. The lowest BCUT2D eigenvalue weighted by Gasteiger charge is -2.13. The molecule has 2 rings (SSSR count). The van der Waals surface area contributed by atoms with Gasteiger partial charge in [-0.2, -0.15) is 0 Å². The van der Waals surface area contributed by atoms with E-state index in [-0.39, 0.29) is 11.4 Å². The van der Waals surface area contributed by atoms with E-state index in [1.54, 1.807) is 0 Å². The molecule has 2 N–H and O–H groups in total. The summed E-state index contributed by atoms with van der Waals surface area (Å²) in [5.41, 5.74) is 1.12. The zero-order valence-electron chi connectivity index (χ0n) is 11.3. The van der Waals surface area contributed by atoms with E-state index in [0.717, 1.165) is 5.56 Å². The Balaban J connectivity index is 1.96. The minimum atomic E-state index is -1.08. The highest BCUT2D eigenvalue weighted by Crippen LogP contribution is 2.06. The van der Waals surface area contributed by atoms with Crippen LogP contribution in [0.5, 0.6) is 0 Å². The number of carboxylic acid groups (broad SMARTS) is 1. The number of amides is 1. The van der Waals surface area contributed by atoms with E-state index in [1.165, 1.54) is 12.1 Å². The van der Waals surface area contributed by atoms with Crippen LogP contribution in [0.15, 0.2) is 46.9 Å². The zero-order valence-corrected chi connectivity index (χ0v) is 11.3. The third-order valence-corrected chi connectivity index (χ3v) is 3.02. The van der Waals surface area contributed by atoms with Crippen LogP contribution in [0.3, 0.4) is 0 Å². The molecule has 1 aromatic heterocycles. The van der Waals surface area contributed by atoms with Crippen molar-refractivity contribution in [3.63, 3.8) is 0 Å². The number of carbonyl (C=O) groups excluding carboxylic acids is 1. The number of furan rings is 1. The van der Waals surface area contributed by atoms with Crippen LogP contribution in [0, 0.1) is 0 Å². The van der Waals surface area contributed by atoms with E-state index >= 15 is 0 Å². The molecule has 0 aliphatic heterocycles. The third-order valence-electron chi connectivity index (χ3n) is 3.02. The zero-order chi connectivity index (χ0) is 15.2. The molecule has 0 aliphatic rings. The highest BCUT2D eigenvalue weighted by molar-refractivity contribution is 6.30. The highest BCUT2D eigenvalue weighted by Gasteiger charge is 2.21. The summed E-state index contributed by atoms with van der Waals surface area (Å²) < 4.78 is 4.96. The fraction of sp³-hybridized carbons (Fsp3) is 0.200. The molecular weight excluding hydrogens is 269 g/mol. The summed E-state index contributed by atoms with van der Waals surface area (Å²) in [5, 5.41) is 11.6. The largest absolute Gasteiger partial charge is 0.480 e. The van der Waals surface area contributed by atoms with Crippen molar-refractivity contribution in [1.82, 2.24) is 5.32 Å². The van der Waals surface area contributed by atoms with E-state index in [0.29, 0.717) is 12.8 Å². The van der Waals surface area contributed by atoms with Gasteiger partial charge in [-0.3, -0.25) is 4.79 Å². The molecular formula is C15H14BNO4. The van der Waals surface area contributed by atoms with Gasteiger partial charge in [-0.05, 0) is 30.5 Å². The van der Waals surface area contributed by atoms with Gasteiger partial charge >= 0.3 is 5.97 Å². The number of benzene rings is 1. The summed E-state index contributed by atoms with van der Waals surface area (Å²) in [6.45, 7) is 0. The van der Waals surface area contributed by atoms with E-state index in [2.05, 4.69) is 5.32 Å². The van der Waals surface area contributed by atoms with Gasteiger partial charge in [0.05, 0.1) is 0 Å². The van der Waals surface area contributed by atoms with Gasteiger partial charge < -0.3 is 14.8 Å². The Morgan fingerprint density at radius 2 is 1.90 bits per heavy atom. The lowest BCUT2D eigenvalue weighted by Crippen LogP contribution is -2.41. The molecule has 0 fully saturated rings. The second-order valence-corrected chi connectivity index (χ2v) is 4.59. The molecule has 0 spiro atoms. The second kappa shape index (κ2) is 6.79. The van der Waals surface area contributed by atoms with Gasteiger partial charge in [-0.15, -0.1) is 0 Å². The first kappa shape index (κ1) is 14.9. The van der Waals surface area contributed by atoms with Gasteiger partial charge in [-0.25, -0.2) is 4.79 Å². The van der Waals surface area contributed by atoms with E-state index in [1.807, 2.05) is 30.3 Å². The smallest absolute Gasteiger partial charge is 0.326 e. The van der Waals surface area contributed by atoms with Crippen molar-refractivity contribution in [1.29, 1.82) is 0 Å². The number of aryl methyl sites for hydroxylation is 1. The van der Waals surface area contributed by atoms with Crippen LogP contribution in [0.2, 0.25) is 0 Å². The molecule has 21 heavy (non-hydrogen) atoms. The molecule has 0 bridgehead atoms. The number of hydrogen-bond donors (Lipinski definition) is 2. The van der Waals surface area contributed by atoms with Crippen LogP contribution in [-0.4, -0.2) is 30.9 Å². The average Bonchev–Trinajstić information content (AvgIpc) is 2.90. The summed E-state index contributed by atoms with van der Waals surface area (Å²) in [6, 6.07) is 11.3. The predicted octanol–water partition coefficient (Wildman–Crippen LogP) is 0.889. The Labute approximate surface area is 123 Å². The molecule has 0 saturated heterocycles. The van der Waals surface area contributed by atoms with Crippen molar-refractivity contribution in [3.8, 4) is 0 Å². The molecule has 106 valence electrons. The van der Waals surface area contributed by atoms with Crippen molar-refractivity contribution in [2.45, 2.75) is 18.9 Å². The van der Waals surface area contributed by atoms with E-state index < -0.39 is 17.9 Å². The second-order valence-electron chi connectivity index (χ2n) is 4.59. The van der Waals surface area contributed by atoms with Crippen molar-refractivity contribution in [2.24, 2.45) is 0 Å². The van der Waals surface area contributed by atoms with Crippen LogP contribution < -0.4 is 11.0 Å². The molecule has 2 aromatic rings. The van der Waals surface area contributed by atoms with Crippen molar-refractivity contribution in [2.75, 3.05) is 0 Å². The maximum absolute atomic E-state index is 11.9. The van der Waals surface area contributed by atoms with Gasteiger partial charge in [0.2, 0.25) is 0 Å². The lowest BCUT2D eigenvalue weighted by molar-refractivity contribution is -0.139. The molecule has 1 unspecified atom stereocenters. The first-order chi connectivity index (χ1) is 10.1. The maximum Gasteiger partial charge on any atom is 0.326 e. The number of carboxylic acids is 1. The Bertz CT molecular complexity index is 624. The van der Waals surface area contributed by atoms with Crippen LogP contribution in [0.25, 0.3) is 0 Å². The third kappa shape index (κ3) is 4.24. The number of hydrogen-bond acceptors (Lipinski definition) is 3. The molecule has 1 amide bonds. The van der Waals surface area contributed by atoms with E-state index in [9.17, 15) is 14.7 Å². The minimum absolute atomic E-state index is 0.00142. The molecule has 0 saturated carbocycles. The Kier molecular flexibility index (Phi) is 4.82. The quantitative estimate of drug-likeness (QED) is 0.772. The number of aliphatic carboxylic acids is 1. The summed E-state index contributed by atoms with van der Waals surface area (Å²) >= 11 is 0. The van der Waals surface area contributed by atoms with Gasteiger partial charge in [0.25, 0.3) is 5.91 Å². The fourth-order valence-electron chi connectivity index (χ4n) is 1.92. The van der Waals surface area contributed by atoms with Gasteiger partial charge in [0.15, 0.2) is 13.6 Å². The number of nitrogens with one attached hydrogen (secondary N) is 1. The molecule has 6 heteroatoms. The molecule has 1 heterocycles. The Morgan fingerprint density at radius 1 is 1.19 bits per heavy atom. The number of carbonyl (C=O) groups is 2. The fourth-order valence-corrected chi connectivity index (χ4v) is 1.92. The van der Waals surface area contributed by atoms with Crippen molar-refractivity contribution >= 4 is 25.4 Å². The normalized spacial score (nSPS) is 11.8. The number of rotatable bonds is 6. The average molecular weight is 283 g/mol. The molecule has 5 nitrogen and oxygen atoms in total. The molecule has 1 aromatic carbocycles. The van der Waals surface area contributed by atoms with Gasteiger partial charge in [-0.1, -0.05) is 30.3 Å². The summed E-state index contributed by atoms with van der Waals surface area (Å²) in [7, 11) is 5.38. The SMILES string of the molecule is [B]c1ccc(C(=O)NC(CCc2ccccc2)C(=O)O)o1. The topological polar surface area (TPSA) is 79.5 Å². The lowest BCUT2D eigenvalue weighted by atomic mass is 10.1. The van der Waals surface area contributed by atoms with E-state index in [4.69, 9.17) is 12.3 Å². The van der Waals surface area contributed by atoms with Crippen LogP contribution in [0.4, 0.5) is 0 Å². The summed E-state index contributed by atoms with van der Waals surface area (Å²) in [6.07, 6.45) is 0.847. The molecule has 2 radical (unpaired) electrons. The highest BCUT2D eigenvalue weighted by atomic mass is 16.4. The van der Waals surface area contributed by atoms with Crippen LogP contribution in [0.1, 0.15) is 22.5 Å². The molecule has 1 atom stereocenters. The van der Waals surface area contributed by atoms with Gasteiger partial charge in [0, 0.05) is 5.66 Å². The summed E-state index contributed by atoms with van der Waals surface area (Å²) in [4.78, 5) is 23.1. The monoisotopic (exact) mass is 283 g/mol. The standard InChI is InChI=1S/C15H14BNO4/c16-13-9-8-12(21-13)14(18)17-11(15(19)20)7-6-10-4-2-1-3-5-10/h1-5,8-9,11H,6-7H2,(H,17,18)(H,19,20). The first-order valence-corrected chi connectivity index (χ1v) is 6.49. The first-order valence-electron chi connectivity index (χ1n) is 6.49. The van der Waals surface area contributed by atoms with Crippen LogP contribution >= 0.6 is 0 Å². The minimum Gasteiger partial charge on any atom is -0.480 e. The van der Waals surface area contributed by atoms with Gasteiger partial charge in [0.1, 0.15) is 6.04 Å². The Hall–Kier alpha value is -2.50. The van der Waals surface area contributed by atoms with Crippen molar-refractivity contribution < 1.29 is 19.1 Å². The Morgan fingerprint density at radius 3 is 2.48 bits per heavy atom. The maximum atomic E-state index is 11.9. The van der Waals surface area contributed by atoms with Crippen LogP contribution in [-0.2, 0) is 11.2 Å². The molecule has 0 aliphatic carbocycles.